The fraction of sp³-hybridized carbons (Fsp3) is 0.158. The van der Waals surface area contributed by atoms with Crippen molar-refractivity contribution in [1.29, 1.82) is 0 Å². The molecule has 0 atom stereocenters. The van der Waals surface area contributed by atoms with E-state index < -0.39 is 0 Å². The lowest BCUT2D eigenvalue weighted by atomic mass is 10.2. The number of nitrogens with one attached hydrogen (secondary N) is 1. The number of rotatable bonds is 7. The number of carbonyl (C=O) groups is 1. The van der Waals surface area contributed by atoms with Crippen molar-refractivity contribution in [3.63, 3.8) is 0 Å². The summed E-state index contributed by atoms with van der Waals surface area (Å²) in [7, 11) is 0. The van der Waals surface area contributed by atoms with E-state index in [1.54, 1.807) is 12.1 Å². The maximum absolute atomic E-state index is 12.3. The molecule has 0 amide bonds. The number of hydrogen-bond acceptors (Lipinski definition) is 7. The van der Waals surface area contributed by atoms with Crippen LogP contribution < -0.4 is 11.1 Å². The number of benzene rings is 2. The third-order valence-corrected chi connectivity index (χ3v) is 4.87. The number of aromatic nitrogens is 3. The Morgan fingerprint density at radius 3 is 2.67 bits per heavy atom. The van der Waals surface area contributed by atoms with Gasteiger partial charge in [-0.3, -0.25) is 4.79 Å². The minimum absolute atomic E-state index is 0.00190. The van der Waals surface area contributed by atoms with Gasteiger partial charge in [0.05, 0.1) is 12.2 Å². The summed E-state index contributed by atoms with van der Waals surface area (Å²) in [4.78, 5) is 25.7. The first-order valence-electron chi connectivity index (χ1n) is 8.22. The van der Waals surface area contributed by atoms with Crippen LogP contribution in [0.3, 0.4) is 0 Å². The number of nitrogens with zero attached hydrogens (tertiary/aromatic N) is 3. The minimum Gasteiger partial charge on any atom is -0.368 e. The van der Waals surface area contributed by atoms with E-state index in [-0.39, 0.29) is 18.2 Å². The largest absolute Gasteiger partial charge is 0.368 e. The van der Waals surface area contributed by atoms with Crippen LogP contribution in [0.15, 0.2) is 53.4 Å². The van der Waals surface area contributed by atoms with Crippen molar-refractivity contribution in [2.24, 2.45) is 0 Å². The lowest BCUT2D eigenvalue weighted by molar-refractivity contribution is -0.116. The molecule has 27 heavy (non-hydrogen) atoms. The molecule has 0 spiro atoms. The zero-order valence-electron chi connectivity index (χ0n) is 14.6. The van der Waals surface area contributed by atoms with Gasteiger partial charge in [0.2, 0.25) is 11.9 Å². The van der Waals surface area contributed by atoms with Crippen LogP contribution in [-0.2, 0) is 11.2 Å². The summed E-state index contributed by atoms with van der Waals surface area (Å²) < 4.78 is 0. The average Bonchev–Trinajstić information content (AvgIpc) is 2.61. The molecule has 0 bridgehead atoms. The summed E-state index contributed by atoms with van der Waals surface area (Å²) in [5, 5.41) is 3.76. The van der Waals surface area contributed by atoms with E-state index in [4.69, 9.17) is 17.3 Å². The highest BCUT2D eigenvalue weighted by atomic mass is 35.5. The second-order valence-electron chi connectivity index (χ2n) is 5.89. The van der Waals surface area contributed by atoms with Crippen molar-refractivity contribution < 1.29 is 4.79 Å². The van der Waals surface area contributed by atoms with Gasteiger partial charge in [0.1, 0.15) is 5.82 Å². The average molecular weight is 400 g/mol. The van der Waals surface area contributed by atoms with Crippen molar-refractivity contribution >= 4 is 46.7 Å². The topological polar surface area (TPSA) is 93.8 Å². The van der Waals surface area contributed by atoms with Crippen LogP contribution in [0, 0.1) is 6.92 Å². The molecule has 0 unspecified atom stereocenters. The Bertz CT molecular complexity index is 949. The fourth-order valence-corrected chi connectivity index (χ4v) is 3.23. The van der Waals surface area contributed by atoms with Crippen molar-refractivity contribution in [2.45, 2.75) is 18.2 Å². The molecule has 0 aliphatic heterocycles. The molecule has 3 aromatic rings. The third kappa shape index (κ3) is 5.94. The lowest BCUT2D eigenvalue weighted by Crippen LogP contribution is -2.12. The number of ketones is 1. The number of thioether (sulfide) groups is 1. The van der Waals surface area contributed by atoms with Gasteiger partial charge in [-0.05, 0) is 48.9 Å². The number of halogens is 1. The van der Waals surface area contributed by atoms with Gasteiger partial charge in [-0.15, -0.1) is 11.8 Å². The highest BCUT2D eigenvalue weighted by molar-refractivity contribution is 8.00. The molecule has 0 fully saturated rings. The normalized spacial score (nSPS) is 10.6. The quantitative estimate of drug-likeness (QED) is 0.578. The molecular formula is C19H18ClN5OS. The summed E-state index contributed by atoms with van der Waals surface area (Å²) in [6, 6.07) is 15.1. The highest BCUT2D eigenvalue weighted by Gasteiger charge is 2.11. The monoisotopic (exact) mass is 399 g/mol. The van der Waals surface area contributed by atoms with Crippen LogP contribution in [0.5, 0.6) is 0 Å². The Kier molecular flexibility index (Phi) is 6.26. The van der Waals surface area contributed by atoms with Gasteiger partial charge >= 0.3 is 0 Å². The zero-order valence-corrected chi connectivity index (χ0v) is 16.2. The third-order valence-electron chi connectivity index (χ3n) is 3.54. The molecule has 8 heteroatoms. The molecule has 3 N–H and O–H groups in total. The molecule has 138 valence electrons. The molecule has 2 aromatic carbocycles. The Labute approximate surface area is 166 Å². The van der Waals surface area contributed by atoms with Crippen LogP contribution in [0.1, 0.15) is 11.4 Å². The smallest absolute Gasteiger partial charge is 0.232 e. The number of anilines is 3. The first-order chi connectivity index (χ1) is 13.0. The number of aryl methyl sites for hydroxylation is 1. The summed E-state index contributed by atoms with van der Waals surface area (Å²) in [5.41, 5.74) is 7.72. The molecule has 0 saturated heterocycles. The van der Waals surface area contributed by atoms with Gasteiger partial charge in [0.25, 0.3) is 0 Å². The zero-order chi connectivity index (χ0) is 19.2. The van der Waals surface area contributed by atoms with Crippen LogP contribution in [0.25, 0.3) is 0 Å². The van der Waals surface area contributed by atoms with Crippen LogP contribution in [0.4, 0.5) is 17.6 Å². The second-order valence-corrected chi connectivity index (χ2v) is 7.37. The van der Waals surface area contributed by atoms with E-state index in [1.165, 1.54) is 11.8 Å². The van der Waals surface area contributed by atoms with Crippen molar-refractivity contribution in [3.05, 3.63) is 64.9 Å². The van der Waals surface area contributed by atoms with E-state index >= 15 is 0 Å². The summed E-state index contributed by atoms with van der Waals surface area (Å²) >= 11 is 7.30. The summed E-state index contributed by atoms with van der Waals surface area (Å²) in [6.45, 7) is 2.00. The first kappa shape index (κ1) is 19.1. The predicted molar refractivity (Wildman–Crippen MR) is 110 cm³/mol. The molecule has 0 aliphatic carbocycles. The fourth-order valence-electron chi connectivity index (χ4n) is 2.35. The number of hydrogen-bond donors (Lipinski definition) is 2. The number of nitrogens with two attached hydrogens (primary N) is 1. The molecule has 0 radical (unpaired) electrons. The van der Waals surface area contributed by atoms with E-state index in [9.17, 15) is 4.79 Å². The summed E-state index contributed by atoms with van der Waals surface area (Å²) in [5.74, 6) is 1.06. The number of carbonyl (C=O) groups excluding carboxylic acids is 1. The molecule has 1 heterocycles. The SMILES string of the molecule is Cc1cccc(Nc2nc(N)nc(CC(=O)CSc3ccc(Cl)cc3)n2)c1. The molecular weight excluding hydrogens is 382 g/mol. The maximum Gasteiger partial charge on any atom is 0.232 e. The molecule has 0 saturated carbocycles. The van der Waals surface area contributed by atoms with Gasteiger partial charge in [0.15, 0.2) is 5.78 Å². The standard InChI is InChI=1S/C19H18ClN5OS/c1-12-3-2-4-14(9-12)22-19-24-17(23-18(21)25-19)10-15(26)11-27-16-7-5-13(20)6-8-16/h2-9H,10-11H2,1H3,(H3,21,22,23,24,25). The van der Waals surface area contributed by atoms with Gasteiger partial charge in [-0.1, -0.05) is 23.7 Å². The van der Waals surface area contributed by atoms with Gasteiger partial charge in [-0.2, -0.15) is 15.0 Å². The van der Waals surface area contributed by atoms with Crippen LogP contribution in [-0.4, -0.2) is 26.5 Å². The number of Topliss-reactive ketones (excluding diaryl/α,β-unsaturated/α-hetero) is 1. The van der Waals surface area contributed by atoms with E-state index in [2.05, 4.69) is 20.3 Å². The maximum atomic E-state index is 12.3. The summed E-state index contributed by atoms with van der Waals surface area (Å²) in [6.07, 6.45) is 0.0931. The van der Waals surface area contributed by atoms with Crippen LogP contribution in [0.2, 0.25) is 5.02 Å². The molecule has 1 aromatic heterocycles. The van der Waals surface area contributed by atoms with Crippen molar-refractivity contribution in [3.8, 4) is 0 Å². The van der Waals surface area contributed by atoms with Gasteiger partial charge in [0, 0.05) is 15.6 Å². The lowest BCUT2D eigenvalue weighted by Gasteiger charge is -2.08. The minimum atomic E-state index is 0.00190. The number of nitrogen functional groups attached to an aromatic ring is 1. The Balaban J connectivity index is 1.63. The predicted octanol–water partition coefficient (Wildman–Crippen LogP) is 4.06. The van der Waals surface area contributed by atoms with Crippen LogP contribution >= 0.6 is 23.4 Å². The second kappa shape index (κ2) is 8.83. The Morgan fingerprint density at radius 1 is 1.15 bits per heavy atom. The van der Waals surface area contributed by atoms with Crippen molar-refractivity contribution in [1.82, 2.24) is 15.0 Å². The highest BCUT2D eigenvalue weighted by Crippen LogP contribution is 2.21. The Hall–Kier alpha value is -2.64. The molecule has 3 rings (SSSR count). The van der Waals surface area contributed by atoms with E-state index in [1.807, 2.05) is 43.3 Å². The van der Waals surface area contributed by atoms with E-state index in [0.29, 0.717) is 22.5 Å². The Morgan fingerprint density at radius 2 is 1.93 bits per heavy atom. The van der Waals surface area contributed by atoms with Gasteiger partial charge in [-0.25, -0.2) is 0 Å². The first-order valence-corrected chi connectivity index (χ1v) is 9.58. The molecule has 0 aliphatic rings. The van der Waals surface area contributed by atoms with Crippen molar-refractivity contribution in [2.75, 3.05) is 16.8 Å². The molecule has 6 nitrogen and oxygen atoms in total. The van der Waals surface area contributed by atoms with E-state index in [0.717, 1.165) is 16.1 Å². The van der Waals surface area contributed by atoms with Gasteiger partial charge < -0.3 is 11.1 Å².